The van der Waals surface area contributed by atoms with Gasteiger partial charge in [-0.1, -0.05) is 29.5 Å². The first-order valence-corrected chi connectivity index (χ1v) is 12.8. The maximum Gasteiger partial charge on any atom is 0.221 e. The molecule has 4 rings (SSSR count). The summed E-state index contributed by atoms with van der Waals surface area (Å²) in [5, 5.41) is 23.3. The Morgan fingerprint density at radius 3 is 2.80 bits per heavy atom. The van der Waals surface area contributed by atoms with Crippen LogP contribution in [0.1, 0.15) is 55.8 Å². The summed E-state index contributed by atoms with van der Waals surface area (Å²) in [6.45, 7) is 4.61. The van der Waals surface area contributed by atoms with E-state index in [1.165, 1.54) is 22.5 Å². The predicted octanol–water partition coefficient (Wildman–Crippen LogP) is 4.98. The fourth-order valence-electron chi connectivity index (χ4n) is 4.35. The van der Waals surface area contributed by atoms with Gasteiger partial charge in [-0.25, -0.2) is 0 Å². The molecule has 0 bridgehead atoms. The Hall–Kier alpha value is -3.28. The summed E-state index contributed by atoms with van der Waals surface area (Å²) in [4.78, 5) is 14.5. The third-order valence-electron chi connectivity index (χ3n) is 5.99. The molecule has 0 radical (unpaired) electrons. The third-order valence-corrected chi connectivity index (χ3v) is 7.00. The minimum absolute atomic E-state index is 0.00747. The fraction of sp³-hybridized carbons (Fsp3) is 0.407. The van der Waals surface area contributed by atoms with Crippen molar-refractivity contribution in [2.75, 3.05) is 20.6 Å². The van der Waals surface area contributed by atoms with Crippen molar-refractivity contribution >= 4 is 17.2 Å². The van der Waals surface area contributed by atoms with Crippen molar-refractivity contribution in [1.29, 1.82) is 5.26 Å². The Morgan fingerprint density at radius 2 is 2.06 bits per heavy atom. The Balaban J connectivity index is 1.59. The molecule has 3 aromatic rings. The van der Waals surface area contributed by atoms with Crippen LogP contribution in [0.25, 0.3) is 21.1 Å². The summed E-state index contributed by atoms with van der Waals surface area (Å²) >= 11 is 1.51. The van der Waals surface area contributed by atoms with Crippen LogP contribution in [0.5, 0.6) is 5.75 Å². The number of benzene rings is 2. The molecule has 7 nitrogen and oxygen atoms in total. The maximum atomic E-state index is 12.5. The molecule has 0 unspecified atom stereocenters. The molecule has 1 amide bonds. The summed E-state index contributed by atoms with van der Waals surface area (Å²) < 4.78 is 5.74. The highest BCUT2D eigenvalue weighted by atomic mass is 32.1. The molecule has 1 aliphatic carbocycles. The van der Waals surface area contributed by atoms with E-state index < -0.39 is 0 Å². The number of hydrogen-bond acceptors (Lipinski definition) is 7. The second kappa shape index (κ2) is 11.0. The Bertz CT molecular complexity index is 1240. The van der Waals surface area contributed by atoms with Crippen LogP contribution in [0.4, 0.5) is 0 Å². The smallest absolute Gasteiger partial charge is 0.221 e. The second-order valence-corrected chi connectivity index (χ2v) is 10.3. The molecule has 1 aliphatic rings. The van der Waals surface area contributed by atoms with Crippen molar-refractivity contribution in [3.8, 4) is 33.0 Å². The van der Waals surface area contributed by atoms with E-state index in [-0.39, 0.29) is 18.1 Å². The van der Waals surface area contributed by atoms with Gasteiger partial charge >= 0.3 is 0 Å². The highest BCUT2D eigenvalue weighted by Crippen LogP contribution is 2.39. The number of amides is 1. The van der Waals surface area contributed by atoms with E-state index in [9.17, 15) is 10.1 Å². The first-order chi connectivity index (χ1) is 16.9. The van der Waals surface area contributed by atoms with Gasteiger partial charge in [0.25, 0.3) is 0 Å². The van der Waals surface area contributed by atoms with Crippen LogP contribution in [0.3, 0.4) is 0 Å². The van der Waals surface area contributed by atoms with E-state index in [4.69, 9.17) is 4.74 Å². The molecule has 182 valence electrons. The molecular formula is C27H31N5O2S. The highest BCUT2D eigenvalue weighted by Gasteiger charge is 2.25. The zero-order valence-electron chi connectivity index (χ0n) is 20.7. The zero-order valence-corrected chi connectivity index (χ0v) is 21.5. The SMILES string of the molecule is CC(C)Oc1ccc(-c2nnc(-c3cccc4c3CCC[C@H]4NC(=O)CCN(C)C)s2)cc1C#N. The first kappa shape index (κ1) is 24.8. The molecule has 1 heterocycles. The summed E-state index contributed by atoms with van der Waals surface area (Å²) in [7, 11) is 3.95. The molecule has 0 fully saturated rings. The third kappa shape index (κ3) is 5.87. The van der Waals surface area contributed by atoms with Crippen molar-refractivity contribution in [2.45, 2.75) is 51.7 Å². The van der Waals surface area contributed by atoms with E-state index in [2.05, 4.69) is 33.7 Å². The van der Waals surface area contributed by atoms with Crippen LogP contribution >= 0.6 is 11.3 Å². The van der Waals surface area contributed by atoms with E-state index in [1.807, 2.05) is 57.1 Å². The van der Waals surface area contributed by atoms with Gasteiger partial charge in [-0.05, 0) is 76.5 Å². The van der Waals surface area contributed by atoms with Crippen LogP contribution in [0.2, 0.25) is 0 Å². The number of carbonyl (C=O) groups is 1. The van der Waals surface area contributed by atoms with Gasteiger partial charge in [0, 0.05) is 24.1 Å². The van der Waals surface area contributed by atoms with E-state index in [1.54, 1.807) is 0 Å². The van der Waals surface area contributed by atoms with Gasteiger partial charge in [0.1, 0.15) is 21.8 Å². The number of ether oxygens (including phenoxy) is 1. The van der Waals surface area contributed by atoms with E-state index in [0.29, 0.717) is 17.7 Å². The van der Waals surface area contributed by atoms with Gasteiger partial charge in [-0.3, -0.25) is 4.79 Å². The monoisotopic (exact) mass is 489 g/mol. The number of carbonyl (C=O) groups excluding carboxylic acids is 1. The van der Waals surface area contributed by atoms with Crippen molar-refractivity contribution in [1.82, 2.24) is 20.4 Å². The van der Waals surface area contributed by atoms with Crippen LogP contribution in [0, 0.1) is 11.3 Å². The maximum absolute atomic E-state index is 12.5. The summed E-state index contributed by atoms with van der Waals surface area (Å²) in [5.74, 6) is 0.658. The largest absolute Gasteiger partial charge is 0.490 e. The van der Waals surface area contributed by atoms with Gasteiger partial charge in [0.05, 0.1) is 17.7 Å². The zero-order chi connectivity index (χ0) is 24.9. The van der Waals surface area contributed by atoms with Crippen molar-refractivity contribution in [3.63, 3.8) is 0 Å². The van der Waals surface area contributed by atoms with Crippen molar-refractivity contribution in [3.05, 3.63) is 53.1 Å². The fourth-order valence-corrected chi connectivity index (χ4v) is 5.24. The van der Waals surface area contributed by atoms with Crippen LogP contribution in [-0.4, -0.2) is 47.7 Å². The standard InChI is InChI=1S/C27H31N5O2S/c1-17(2)34-24-12-11-18(15-19(24)16-28)26-30-31-27(35-26)22-9-5-8-21-20(22)7-6-10-23(21)29-25(33)13-14-32(3)4/h5,8-9,11-12,15,17,23H,6-7,10,13-14H2,1-4H3,(H,29,33)/t23-/m1/s1. The van der Waals surface area contributed by atoms with Gasteiger partial charge in [-0.15, -0.1) is 10.2 Å². The lowest BCUT2D eigenvalue weighted by atomic mass is 9.85. The highest BCUT2D eigenvalue weighted by molar-refractivity contribution is 7.17. The number of aromatic nitrogens is 2. The molecule has 1 aromatic heterocycles. The van der Waals surface area contributed by atoms with E-state index >= 15 is 0 Å². The normalized spacial score (nSPS) is 15.1. The molecular weight excluding hydrogens is 458 g/mol. The summed E-state index contributed by atoms with van der Waals surface area (Å²) in [6, 6.07) is 14.0. The van der Waals surface area contributed by atoms with Crippen LogP contribution < -0.4 is 10.1 Å². The average molecular weight is 490 g/mol. The van der Waals surface area contributed by atoms with Crippen LogP contribution in [-0.2, 0) is 11.2 Å². The van der Waals surface area contributed by atoms with Crippen LogP contribution in [0.15, 0.2) is 36.4 Å². The number of fused-ring (bicyclic) bond motifs is 1. The molecule has 0 saturated heterocycles. The molecule has 1 N–H and O–H groups in total. The number of rotatable bonds is 8. The lowest BCUT2D eigenvalue weighted by Crippen LogP contribution is -2.33. The van der Waals surface area contributed by atoms with Gasteiger partial charge in [0.2, 0.25) is 5.91 Å². The van der Waals surface area contributed by atoms with Gasteiger partial charge in [-0.2, -0.15) is 5.26 Å². The minimum atomic E-state index is -0.00747. The van der Waals surface area contributed by atoms with Crippen molar-refractivity contribution in [2.24, 2.45) is 0 Å². The molecule has 2 aromatic carbocycles. The lowest BCUT2D eigenvalue weighted by molar-refractivity contribution is -0.122. The summed E-state index contributed by atoms with van der Waals surface area (Å²) in [6.07, 6.45) is 3.38. The number of nitrogens with zero attached hydrogens (tertiary/aromatic N) is 4. The minimum Gasteiger partial charge on any atom is -0.490 e. The number of nitrogens with one attached hydrogen (secondary N) is 1. The van der Waals surface area contributed by atoms with Gasteiger partial charge in [0.15, 0.2) is 0 Å². The molecule has 8 heteroatoms. The van der Waals surface area contributed by atoms with E-state index in [0.717, 1.165) is 46.9 Å². The lowest BCUT2D eigenvalue weighted by Gasteiger charge is -2.28. The van der Waals surface area contributed by atoms with Gasteiger partial charge < -0.3 is 15.0 Å². The Labute approximate surface area is 210 Å². The molecule has 35 heavy (non-hydrogen) atoms. The second-order valence-electron chi connectivity index (χ2n) is 9.34. The summed E-state index contributed by atoms with van der Waals surface area (Å²) in [5.41, 5.74) is 4.80. The number of nitriles is 1. The Kier molecular flexibility index (Phi) is 7.79. The molecule has 0 spiro atoms. The molecule has 0 saturated carbocycles. The predicted molar refractivity (Wildman–Crippen MR) is 138 cm³/mol. The number of hydrogen-bond donors (Lipinski definition) is 1. The molecule has 1 atom stereocenters. The molecule has 0 aliphatic heterocycles. The first-order valence-electron chi connectivity index (χ1n) is 12.0. The quantitative estimate of drug-likeness (QED) is 0.480. The van der Waals surface area contributed by atoms with Crippen molar-refractivity contribution < 1.29 is 9.53 Å². The Morgan fingerprint density at radius 1 is 1.26 bits per heavy atom. The average Bonchev–Trinajstić information content (AvgIpc) is 3.32. The topological polar surface area (TPSA) is 91.1 Å².